The van der Waals surface area contributed by atoms with Crippen LogP contribution in [0.15, 0.2) is 36.4 Å². The molecular weight excluding hydrogens is 382 g/mol. The Balaban J connectivity index is 1.82. The van der Waals surface area contributed by atoms with Gasteiger partial charge in [0, 0.05) is 23.6 Å². The van der Waals surface area contributed by atoms with Crippen molar-refractivity contribution < 1.29 is 23.7 Å². The van der Waals surface area contributed by atoms with Gasteiger partial charge in [-0.3, -0.25) is 4.79 Å². The third-order valence-corrected chi connectivity index (χ3v) is 5.09. The Morgan fingerprint density at radius 1 is 1.10 bits per heavy atom. The van der Waals surface area contributed by atoms with Gasteiger partial charge in [0.15, 0.2) is 11.5 Å². The molecule has 6 nitrogen and oxygen atoms in total. The van der Waals surface area contributed by atoms with E-state index in [9.17, 15) is 4.79 Å². The van der Waals surface area contributed by atoms with Crippen LogP contribution in [0.1, 0.15) is 43.0 Å². The van der Waals surface area contributed by atoms with E-state index in [0.29, 0.717) is 29.2 Å². The van der Waals surface area contributed by atoms with E-state index in [-0.39, 0.29) is 17.6 Å². The first-order valence-corrected chi connectivity index (χ1v) is 9.85. The van der Waals surface area contributed by atoms with Gasteiger partial charge in [0.05, 0.1) is 27.4 Å². The van der Waals surface area contributed by atoms with Gasteiger partial charge in [0.2, 0.25) is 11.7 Å². The number of carbonyl (C=O) groups excluding carboxylic acids is 1. The Kier molecular flexibility index (Phi) is 6.25. The standard InChI is InChI=1S/C24H29NO5/c1-15-7-10-17-18(14-24(2,3)30-20(17)13-15)25-21(26)12-9-16-8-11-19(27-4)23(29-6)22(16)28-5/h7-13,18H,14H2,1-6H3,(H,25,26)/b12-9+/t18-/m1/s1. The van der Waals surface area contributed by atoms with E-state index in [2.05, 4.69) is 5.32 Å². The lowest BCUT2D eigenvalue weighted by atomic mass is 9.89. The number of carbonyl (C=O) groups is 1. The molecule has 1 N–H and O–H groups in total. The third kappa shape index (κ3) is 4.53. The summed E-state index contributed by atoms with van der Waals surface area (Å²) in [5.41, 5.74) is 2.46. The molecule has 0 saturated heterocycles. The highest BCUT2D eigenvalue weighted by Gasteiger charge is 2.34. The summed E-state index contributed by atoms with van der Waals surface area (Å²) in [5, 5.41) is 3.11. The van der Waals surface area contributed by atoms with Gasteiger partial charge < -0.3 is 24.3 Å². The molecule has 2 aromatic carbocycles. The molecule has 1 aliphatic rings. The van der Waals surface area contributed by atoms with Gasteiger partial charge in [0.1, 0.15) is 11.4 Å². The predicted molar refractivity (Wildman–Crippen MR) is 117 cm³/mol. The summed E-state index contributed by atoms with van der Waals surface area (Å²) in [6.45, 7) is 6.08. The van der Waals surface area contributed by atoms with Crippen LogP contribution in [0.5, 0.6) is 23.0 Å². The van der Waals surface area contributed by atoms with E-state index < -0.39 is 0 Å². The van der Waals surface area contributed by atoms with E-state index in [1.807, 2.05) is 45.0 Å². The van der Waals surface area contributed by atoms with Crippen LogP contribution in [0.25, 0.3) is 6.08 Å². The van der Waals surface area contributed by atoms with Gasteiger partial charge in [-0.05, 0) is 50.6 Å². The first kappa shape index (κ1) is 21.6. The molecule has 0 aromatic heterocycles. The number of amides is 1. The number of methoxy groups -OCH3 is 3. The van der Waals surface area contributed by atoms with Crippen LogP contribution in [0.4, 0.5) is 0 Å². The van der Waals surface area contributed by atoms with E-state index >= 15 is 0 Å². The number of fused-ring (bicyclic) bond motifs is 1. The van der Waals surface area contributed by atoms with Crippen molar-refractivity contribution in [3.05, 3.63) is 53.1 Å². The number of hydrogen-bond donors (Lipinski definition) is 1. The molecule has 1 aliphatic heterocycles. The zero-order chi connectivity index (χ0) is 21.9. The second-order valence-corrected chi connectivity index (χ2v) is 7.93. The Morgan fingerprint density at radius 2 is 1.83 bits per heavy atom. The van der Waals surface area contributed by atoms with Crippen molar-refractivity contribution in [2.45, 2.75) is 38.8 Å². The fourth-order valence-electron chi connectivity index (χ4n) is 3.73. The molecule has 1 heterocycles. The normalized spacial score (nSPS) is 17.1. The lowest BCUT2D eigenvalue weighted by Crippen LogP contribution is -2.40. The van der Waals surface area contributed by atoms with Gasteiger partial charge in [-0.15, -0.1) is 0 Å². The third-order valence-electron chi connectivity index (χ3n) is 5.09. The minimum absolute atomic E-state index is 0.131. The molecule has 0 saturated carbocycles. The number of benzene rings is 2. The summed E-state index contributed by atoms with van der Waals surface area (Å²) in [6, 6.07) is 9.53. The van der Waals surface area contributed by atoms with Crippen molar-refractivity contribution in [2.75, 3.05) is 21.3 Å². The average molecular weight is 411 g/mol. The van der Waals surface area contributed by atoms with E-state index in [4.69, 9.17) is 18.9 Å². The molecule has 0 unspecified atom stereocenters. The number of aryl methyl sites for hydroxylation is 1. The monoisotopic (exact) mass is 411 g/mol. The van der Waals surface area contributed by atoms with E-state index in [0.717, 1.165) is 16.9 Å². The highest BCUT2D eigenvalue weighted by Crippen LogP contribution is 2.41. The Labute approximate surface area is 177 Å². The van der Waals surface area contributed by atoms with Gasteiger partial charge in [-0.2, -0.15) is 0 Å². The van der Waals surface area contributed by atoms with Gasteiger partial charge in [-0.25, -0.2) is 0 Å². The van der Waals surface area contributed by atoms with Gasteiger partial charge >= 0.3 is 0 Å². The van der Waals surface area contributed by atoms with Crippen LogP contribution in [0.2, 0.25) is 0 Å². The lowest BCUT2D eigenvalue weighted by Gasteiger charge is -2.38. The summed E-state index contributed by atoms with van der Waals surface area (Å²) < 4.78 is 22.3. The zero-order valence-corrected chi connectivity index (χ0v) is 18.4. The van der Waals surface area contributed by atoms with Crippen molar-refractivity contribution in [1.82, 2.24) is 5.32 Å². The first-order chi connectivity index (χ1) is 14.3. The predicted octanol–water partition coefficient (Wildman–Crippen LogP) is 4.45. The molecule has 0 bridgehead atoms. The van der Waals surface area contributed by atoms with Crippen molar-refractivity contribution in [1.29, 1.82) is 0 Å². The summed E-state index contributed by atoms with van der Waals surface area (Å²) in [7, 11) is 4.67. The quantitative estimate of drug-likeness (QED) is 0.712. The molecule has 3 rings (SSSR count). The van der Waals surface area contributed by atoms with Crippen LogP contribution < -0.4 is 24.3 Å². The summed E-state index contributed by atoms with van der Waals surface area (Å²) in [6.07, 6.45) is 3.89. The van der Waals surface area contributed by atoms with Crippen LogP contribution in [0, 0.1) is 6.92 Å². The Hall–Kier alpha value is -3.15. The first-order valence-electron chi connectivity index (χ1n) is 9.85. The highest BCUT2D eigenvalue weighted by molar-refractivity contribution is 5.92. The van der Waals surface area contributed by atoms with Crippen LogP contribution in [-0.2, 0) is 4.79 Å². The lowest BCUT2D eigenvalue weighted by molar-refractivity contribution is -0.117. The molecule has 1 atom stereocenters. The smallest absolute Gasteiger partial charge is 0.244 e. The van der Waals surface area contributed by atoms with Crippen molar-refractivity contribution >= 4 is 12.0 Å². The van der Waals surface area contributed by atoms with E-state index in [1.54, 1.807) is 33.5 Å². The maximum absolute atomic E-state index is 12.7. The topological polar surface area (TPSA) is 66.0 Å². The molecule has 0 fully saturated rings. The minimum atomic E-state index is -0.366. The van der Waals surface area contributed by atoms with E-state index in [1.165, 1.54) is 6.08 Å². The second-order valence-electron chi connectivity index (χ2n) is 7.93. The number of ether oxygens (including phenoxy) is 4. The molecule has 6 heteroatoms. The van der Waals surface area contributed by atoms with Crippen LogP contribution in [-0.4, -0.2) is 32.8 Å². The Bertz CT molecular complexity index is 964. The second kappa shape index (κ2) is 8.69. The number of rotatable bonds is 6. The molecule has 30 heavy (non-hydrogen) atoms. The van der Waals surface area contributed by atoms with Crippen molar-refractivity contribution in [3.63, 3.8) is 0 Å². The van der Waals surface area contributed by atoms with Gasteiger partial charge in [0.25, 0.3) is 0 Å². The van der Waals surface area contributed by atoms with Crippen molar-refractivity contribution in [3.8, 4) is 23.0 Å². The molecule has 0 aliphatic carbocycles. The van der Waals surface area contributed by atoms with Crippen molar-refractivity contribution in [2.24, 2.45) is 0 Å². The molecule has 0 radical (unpaired) electrons. The van der Waals surface area contributed by atoms with Crippen LogP contribution in [0.3, 0.4) is 0 Å². The molecule has 0 spiro atoms. The summed E-state index contributed by atoms with van der Waals surface area (Å²) in [4.78, 5) is 12.7. The van der Waals surface area contributed by atoms with Crippen LogP contribution >= 0.6 is 0 Å². The molecular formula is C24H29NO5. The Morgan fingerprint density at radius 3 is 2.50 bits per heavy atom. The summed E-state index contributed by atoms with van der Waals surface area (Å²) in [5.74, 6) is 2.18. The largest absolute Gasteiger partial charge is 0.493 e. The fourth-order valence-corrected chi connectivity index (χ4v) is 3.73. The maximum Gasteiger partial charge on any atom is 0.244 e. The number of nitrogens with one attached hydrogen (secondary N) is 1. The highest BCUT2D eigenvalue weighted by atomic mass is 16.5. The molecule has 160 valence electrons. The minimum Gasteiger partial charge on any atom is -0.493 e. The maximum atomic E-state index is 12.7. The molecule has 2 aromatic rings. The zero-order valence-electron chi connectivity index (χ0n) is 18.4. The number of hydrogen-bond acceptors (Lipinski definition) is 5. The fraction of sp³-hybridized carbons (Fsp3) is 0.375. The SMILES string of the molecule is COc1ccc(/C=C/C(=O)N[C@@H]2CC(C)(C)Oc3cc(C)ccc32)c(OC)c1OC. The average Bonchev–Trinajstić information content (AvgIpc) is 2.70. The van der Waals surface area contributed by atoms with Gasteiger partial charge in [-0.1, -0.05) is 12.1 Å². The molecule has 1 amide bonds. The summed E-state index contributed by atoms with van der Waals surface area (Å²) >= 11 is 0.